The lowest BCUT2D eigenvalue weighted by molar-refractivity contribution is 0.0698. The third-order valence-corrected chi connectivity index (χ3v) is 3.45. The van der Waals surface area contributed by atoms with Gasteiger partial charge in [-0.25, -0.2) is 0 Å². The van der Waals surface area contributed by atoms with Crippen molar-refractivity contribution in [1.29, 1.82) is 0 Å². The van der Waals surface area contributed by atoms with Crippen LogP contribution >= 0.6 is 0 Å². The van der Waals surface area contributed by atoms with Crippen molar-refractivity contribution < 1.29 is 9.53 Å². The molecule has 1 aliphatic rings. The van der Waals surface area contributed by atoms with Crippen LogP contribution in [-0.4, -0.2) is 44.1 Å². The van der Waals surface area contributed by atoms with Gasteiger partial charge in [-0.05, 0) is 44.2 Å². The molecule has 1 N–H and O–H groups in total. The maximum absolute atomic E-state index is 12.3. The van der Waals surface area contributed by atoms with Gasteiger partial charge in [0.05, 0.1) is 7.11 Å². The minimum absolute atomic E-state index is 0.109. The van der Waals surface area contributed by atoms with Gasteiger partial charge in [0.15, 0.2) is 0 Å². The Morgan fingerprint density at radius 1 is 1.39 bits per heavy atom. The molecule has 1 aliphatic heterocycles. The maximum Gasteiger partial charge on any atom is 0.253 e. The fourth-order valence-corrected chi connectivity index (χ4v) is 2.31. The highest BCUT2D eigenvalue weighted by atomic mass is 16.5. The van der Waals surface area contributed by atoms with Crippen molar-refractivity contribution in [2.24, 2.45) is 0 Å². The Morgan fingerprint density at radius 2 is 2.11 bits per heavy atom. The number of benzene rings is 1. The largest absolute Gasteiger partial charge is 0.497 e. The lowest BCUT2D eigenvalue weighted by Gasteiger charge is -2.32. The van der Waals surface area contributed by atoms with E-state index < -0.39 is 0 Å². The van der Waals surface area contributed by atoms with Crippen LogP contribution in [0.5, 0.6) is 5.75 Å². The zero-order chi connectivity index (χ0) is 13.0. The number of carbonyl (C=O) groups excluding carboxylic acids is 1. The van der Waals surface area contributed by atoms with Crippen LogP contribution in [0.15, 0.2) is 24.3 Å². The molecule has 1 atom stereocenters. The third kappa shape index (κ3) is 2.82. The van der Waals surface area contributed by atoms with Gasteiger partial charge < -0.3 is 15.0 Å². The summed E-state index contributed by atoms with van der Waals surface area (Å²) in [4.78, 5) is 14.2. The van der Waals surface area contributed by atoms with E-state index in [4.69, 9.17) is 4.74 Å². The fourth-order valence-electron chi connectivity index (χ4n) is 2.31. The number of piperidine rings is 1. The average Bonchev–Trinajstić information content (AvgIpc) is 2.46. The number of hydrogen-bond acceptors (Lipinski definition) is 3. The van der Waals surface area contributed by atoms with E-state index in [2.05, 4.69) is 5.32 Å². The zero-order valence-corrected chi connectivity index (χ0v) is 11.0. The van der Waals surface area contributed by atoms with E-state index in [1.54, 1.807) is 7.11 Å². The molecular weight excluding hydrogens is 228 g/mol. The first kappa shape index (κ1) is 12.9. The molecule has 1 saturated heterocycles. The van der Waals surface area contributed by atoms with Crippen molar-refractivity contribution in [3.05, 3.63) is 29.8 Å². The number of ether oxygens (including phenoxy) is 1. The van der Waals surface area contributed by atoms with Gasteiger partial charge in [0.2, 0.25) is 0 Å². The maximum atomic E-state index is 12.3. The van der Waals surface area contributed by atoms with Crippen molar-refractivity contribution in [2.45, 2.75) is 18.9 Å². The first-order valence-electron chi connectivity index (χ1n) is 6.35. The second kappa shape index (κ2) is 5.87. The van der Waals surface area contributed by atoms with Crippen LogP contribution in [0.2, 0.25) is 0 Å². The lowest BCUT2D eigenvalue weighted by atomic mass is 10.0. The van der Waals surface area contributed by atoms with E-state index in [-0.39, 0.29) is 5.91 Å². The summed E-state index contributed by atoms with van der Waals surface area (Å²) < 4.78 is 5.09. The quantitative estimate of drug-likeness (QED) is 0.881. The molecule has 1 amide bonds. The highest BCUT2D eigenvalue weighted by Gasteiger charge is 2.23. The van der Waals surface area contributed by atoms with E-state index in [0.29, 0.717) is 6.04 Å². The Bertz CT molecular complexity index is 403. The van der Waals surface area contributed by atoms with Gasteiger partial charge in [0, 0.05) is 24.7 Å². The predicted molar refractivity (Wildman–Crippen MR) is 71.0 cm³/mol. The van der Waals surface area contributed by atoms with Crippen LogP contribution in [-0.2, 0) is 0 Å². The second-order valence-corrected chi connectivity index (χ2v) is 4.61. The van der Waals surface area contributed by atoms with E-state index in [1.165, 1.54) is 0 Å². The minimum atomic E-state index is 0.109. The van der Waals surface area contributed by atoms with Gasteiger partial charge in [-0.15, -0.1) is 0 Å². The van der Waals surface area contributed by atoms with Crippen molar-refractivity contribution >= 4 is 5.91 Å². The van der Waals surface area contributed by atoms with Crippen LogP contribution in [0.25, 0.3) is 0 Å². The standard InChI is InChI=1S/C14H20N2O2/c1-15-12-4-3-9-16(10-12)14(17)11-5-7-13(18-2)8-6-11/h5-8,12,15H,3-4,9-10H2,1-2H3. The van der Waals surface area contributed by atoms with Crippen molar-refractivity contribution in [2.75, 3.05) is 27.2 Å². The Labute approximate surface area is 108 Å². The first-order chi connectivity index (χ1) is 8.74. The molecule has 1 aromatic carbocycles. The summed E-state index contributed by atoms with van der Waals surface area (Å²) in [6.07, 6.45) is 2.20. The summed E-state index contributed by atoms with van der Waals surface area (Å²) in [5.74, 6) is 0.885. The number of methoxy groups -OCH3 is 1. The smallest absolute Gasteiger partial charge is 0.253 e. The summed E-state index contributed by atoms with van der Waals surface area (Å²) in [6.45, 7) is 1.64. The Balaban J connectivity index is 2.05. The number of hydrogen-bond donors (Lipinski definition) is 1. The number of rotatable bonds is 3. The van der Waals surface area contributed by atoms with E-state index >= 15 is 0 Å². The first-order valence-corrected chi connectivity index (χ1v) is 6.35. The van der Waals surface area contributed by atoms with Crippen LogP contribution in [0.1, 0.15) is 23.2 Å². The highest BCUT2D eigenvalue weighted by molar-refractivity contribution is 5.94. The van der Waals surface area contributed by atoms with Crippen molar-refractivity contribution in [3.63, 3.8) is 0 Å². The molecule has 4 nitrogen and oxygen atoms in total. The molecule has 1 heterocycles. The molecule has 0 saturated carbocycles. The van der Waals surface area contributed by atoms with E-state index in [1.807, 2.05) is 36.2 Å². The Morgan fingerprint density at radius 3 is 2.72 bits per heavy atom. The summed E-state index contributed by atoms with van der Waals surface area (Å²) in [7, 11) is 3.57. The molecular formula is C14H20N2O2. The number of amides is 1. The predicted octanol–water partition coefficient (Wildman–Crippen LogP) is 1.52. The highest BCUT2D eigenvalue weighted by Crippen LogP contribution is 2.16. The second-order valence-electron chi connectivity index (χ2n) is 4.61. The summed E-state index contributed by atoms with van der Waals surface area (Å²) in [5.41, 5.74) is 0.729. The topological polar surface area (TPSA) is 41.6 Å². The van der Waals surface area contributed by atoms with Crippen LogP contribution in [0.3, 0.4) is 0 Å². The van der Waals surface area contributed by atoms with Gasteiger partial charge in [-0.2, -0.15) is 0 Å². The number of likely N-dealkylation sites (tertiary alicyclic amines) is 1. The zero-order valence-electron chi connectivity index (χ0n) is 11.0. The molecule has 0 radical (unpaired) electrons. The molecule has 18 heavy (non-hydrogen) atoms. The molecule has 1 fully saturated rings. The monoisotopic (exact) mass is 248 g/mol. The van der Waals surface area contributed by atoms with Crippen LogP contribution in [0, 0.1) is 0 Å². The van der Waals surface area contributed by atoms with Gasteiger partial charge in [0.1, 0.15) is 5.75 Å². The number of nitrogens with zero attached hydrogens (tertiary/aromatic N) is 1. The molecule has 1 unspecified atom stereocenters. The number of nitrogens with one attached hydrogen (secondary N) is 1. The van der Waals surface area contributed by atoms with Gasteiger partial charge in [-0.1, -0.05) is 0 Å². The normalized spacial score (nSPS) is 19.7. The third-order valence-electron chi connectivity index (χ3n) is 3.45. The summed E-state index contributed by atoms with van der Waals surface area (Å²) >= 11 is 0. The Hall–Kier alpha value is -1.55. The summed E-state index contributed by atoms with van der Waals surface area (Å²) in [5, 5.41) is 3.24. The molecule has 0 aromatic heterocycles. The summed E-state index contributed by atoms with van der Waals surface area (Å²) in [6, 6.07) is 7.72. The SMILES string of the molecule is CNC1CCCN(C(=O)c2ccc(OC)cc2)C1. The van der Waals surface area contributed by atoms with Gasteiger partial charge in [0.25, 0.3) is 5.91 Å². The van der Waals surface area contributed by atoms with E-state index in [9.17, 15) is 4.79 Å². The molecule has 4 heteroatoms. The molecule has 2 rings (SSSR count). The van der Waals surface area contributed by atoms with Gasteiger partial charge in [-0.3, -0.25) is 4.79 Å². The molecule has 0 aliphatic carbocycles. The molecule has 0 bridgehead atoms. The Kier molecular flexibility index (Phi) is 4.20. The van der Waals surface area contributed by atoms with Crippen LogP contribution in [0.4, 0.5) is 0 Å². The van der Waals surface area contributed by atoms with E-state index in [0.717, 1.165) is 37.2 Å². The lowest BCUT2D eigenvalue weighted by Crippen LogP contribution is -2.46. The fraction of sp³-hybridized carbons (Fsp3) is 0.500. The van der Waals surface area contributed by atoms with Crippen LogP contribution < -0.4 is 10.1 Å². The molecule has 0 spiro atoms. The number of carbonyl (C=O) groups is 1. The average molecular weight is 248 g/mol. The number of likely N-dealkylation sites (N-methyl/N-ethyl adjacent to an activating group) is 1. The molecule has 98 valence electrons. The van der Waals surface area contributed by atoms with Crippen molar-refractivity contribution in [3.8, 4) is 5.75 Å². The van der Waals surface area contributed by atoms with Gasteiger partial charge >= 0.3 is 0 Å². The minimum Gasteiger partial charge on any atom is -0.497 e. The molecule has 1 aromatic rings. The van der Waals surface area contributed by atoms with Crippen molar-refractivity contribution in [1.82, 2.24) is 10.2 Å².